The lowest BCUT2D eigenvalue weighted by molar-refractivity contribution is 0.654. The van der Waals surface area contributed by atoms with Gasteiger partial charge >= 0.3 is 0 Å². The fourth-order valence-corrected chi connectivity index (χ4v) is 2.48. The third-order valence-corrected chi connectivity index (χ3v) is 3.37. The van der Waals surface area contributed by atoms with Gasteiger partial charge in [0.05, 0.1) is 5.02 Å². The van der Waals surface area contributed by atoms with Crippen LogP contribution in [0.4, 0.5) is 0 Å². The lowest BCUT2D eigenvalue weighted by atomic mass is 10.1. The zero-order valence-corrected chi connectivity index (χ0v) is 10.1. The summed E-state index contributed by atoms with van der Waals surface area (Å²) >= 11 is 5.99. The van der Waals surface area contributed by atoms with Crippen molar-refractivity contribution in [3.8, 4) is 0 Å². The molecule has 0 aliphatic heterocycles. The molecule has 0 atom stereocenters. The van der Waals surface area contributed by atoms with E-state index in [-0.39, 0.29) is 0 Å². The third-order valence-electron chi connectivity index (χ3n) is 3.16. The highest BCUT2D eigenvalue weighted by Crippen LogP contribution is 2.32. The maximum absolute atomic E-state index is 5.99. The average Bonchev–Trinajstić information content (AvgIpc) is 2.73. The van der Waals surface area contributed by atoms with Crippen LogP contribution < -0.4 is 0 Å². The predicted octanol–water partition coefficient (Wildman–Crippen LogP) is 4.79. The maximum atomic E-state index is 5.99. The van der Waals surface area contributed by atoms with Gasteiger partial charge in [-0.15, -0.1) is 0 Å². The lowest BCUT2D eigenvalue weighted by Crippen LogP contribution is -1.73. The number of pyridine rings is 1. The fourth-order valence-electron chi connectivity index (χ4n) is 2.32. The predicted molar refractivity (Wildman–Crippen MR) is 74.0 cm³/mol. The zero-order valence-electron chi connectivity index (χ0n) is 9.35. The summed E-state index contributed by atoms with van der Waals surface area (Å²) in [5, 5.41) is 4.99. The Hall–Kier alpha value is -2.06. The molecule has 86 valence electrons. The molecule has 18 heavy (non-hydrogen) atoms. The standard InChI is InChI=1S/C15H8ClNO/c16-11-7-13-12-5-9-3-1-2-4-10(9)6-14(12)18-15(13)17-8-11/h1-8H. The highest BCUT2D eigenvalue weighted by Gasteiger charge is 2.09. The molecule has 4 aromatic rings. The van der Waals surface area contributed by atoms with Crippen molar-refractivity contribution in [3.63, 3.8) is 0 Å². The van der Waals surface area contributed by atoms with E-state index < -0.39 is 0 Å². The molecule has 2 heterocycles. The van der Waals surface area contributed by atoms with Crippen LogP contribution >= 0.6 is 11.6 Å². The summed E-state index contributed by atoms with van der Waals surface area (Å²) in [5.74, 6) is 0. The second-order valence-electron chi connectivity index (χ2n) is 4.30. The van der Waals surface area contributed by atoms with E-state index >= 15 is 0 Å². The Kier molecular flexibility index (Phi) is 1.91. The van der Waals surface area contributed by atoms with Crippen molar-refractivity contribution in [1.82, 2.24) is 4.98 Å². The second-order valence-corrected chi connectivity index (χ2v) is 4.74. The first-order chi connectivity index (χ1) is 8.81. The van der Waals surface area contributed by atoms with E-state index in [0.717, 1.165) is 21.7 Å². The minimum absolute atomic E-state index is 0.623. The van der Waals surface area contributed by atoms with Gasteiger partial charge in [-0.1, -0.05) is 35.9 Å². The molecule has 2 nitrogen and oxygen atoms in total. The van der Waals surface area contributed by atoms with Gasteiger partial charge in [-0.25, -0.2) is 4.98 Å². The van der Waals surface area contributed by atoms with Gasteiger partial charge in [-0.2, -0.15) is 0 Å². The Labute approximate surface area is 108 Å². The van der Waals surface area contributed by atoms with E-state index in [9.17, 15) is 0 Å². The van der Waals surface area contributed by atoms with Crippen LogP contribution in [0.15, 0.2) is 53.1 Å². The SMILES string of the molecule is Clc1cnc2oc3cc4ccccc4cc3c2c1. The van der Waals surface area contributed by atoms with E-state index in [0.29, 0.717) is 10.7 Å². The van der Waals surface area contributed by atoms with Crippen LogP contribution in [0.25, 0.3) is 32.8 Å². The molecule has 0 saturated heterocycles. The first kappa shape index (κ1) is 9.92. The van der Waals surface area contributed by atoms with Gasteiger partial charge in [-0.3, -0.25) is 0 Å². The maximum Gasteiger partial charge on any atom is 0.227 e. The molecule has 0 aliphatic rings. The van der Waals surface area contributed by atoms with Crippen molar-refractivity contribution >= 4 is 44.4 Å². The third kappa shape index (κ3) is 1.33. The number of fused-ring (bicyclic) bond motifs is 4. The van der Waals surface area contributed by atoms with Gasteiger partial charge in [0.2, 0.25) is 5.71 Å². The monoisotopic (exact) mass is 253 g/mol. The number of hydrogen-bond acceptors (Lipinski definition) is 2. The van der Waals surface area contributed by atoms with Crippen molar-refractivity contribution in [2.45, 2.75) is 0 Å². The van der Waals surface area contributed by atoms with Crippen LogP contribution in [0.3, 0.4) is 0 Å². The highest BCUT2D eigenvalue weighted by molar-refractivity contribution is 6.31. The molecule has 0 saturated carbocycles. The summed E-state index contributed by atoms with van der Waals surface area (Å²) in [4.78, 5) is 4.21. The summed E-state index contributed by atoms with van der Waals surface area (Å²) in [6.07, 6.45) is 1.60. The summed E-state index contributed by atoms with van der Waals surface area (Å²) in [5.41, 5.74) is 1.48. The van der Waals surface area contributed by atoms with Crippen LogP contribution in [0.5, 0.6) is 0 Å². The first-order valence-corrected chi connectivity index (χ1v) is 6.06. The molecule has 0 aliphatic carbocycles. The molecule has 4 rings (SSSR count). The van der Waals surface area contributed by atoms with E-state index in [1.54, 1.807) is 6.20 Å². The quantitative estimate of drug-likeness (QED) is 0.450. The van der Waals surface area contributed by atoms with Crippen molar-refractivity contribution in [2.24, 2.45) is 0 Å². The molecule has 2 aromatic carbocycles. The molecular weight excluding hydrogens is 246 g/mol. The normalized spacial score (nSPS) is 11.6. The van der Waals surface area contributed by atoms with Gasteiger partial charge in [0.15, 0.2) is 0 Å². The number of rotatable bonds is 0. The Balaban J connectivity index is 2.25. The van der Waals surface area contributed by atoms with Crippen LogP contribution in [0.2, 0.25) is 5.02 Å². The van der Waals surface area contributed by atoms with Gasteiger partial charge in [0, 0.05) is 17.0 Å². The minimum Gasteiger partial charge on any atom is -0.438 e. The molecule has 2 aromatic heterocycles. The number of benzene rings is 2. The van der Waals surface area contributed by atoms with Gasteiger partial charge < -0.3 is 4.42 Å². The molecule has 0 N–H and O–H groups in total. The Morgan fingerprint density at radius 3 is 2.56 bits per heavy atom. The minimum atomic E-state index is 0.623. The van der Waals surface area contributed by atoms with Crippen molar-refractivity contribution < 1.29 is 4.42 Å². The highest BCUT2D eigenvalue weighted by atomic mass is 35.5. The molecular formula is C15H8ClNO. The summed E-state index contributed by atoms with van der Waals surface area (Å²) in [7, 11) is 0. The van der Waals surface area contributed by atoms with Gasteiger partial charge in [0.25, 0.3) is 0 Å². The molecule has 0 spiro atoms. The number of furan rings is 1. The Bertz CT molecular complexity index is 895. The zero-order chi connectivity index (χ0) is 12.1. The number of nitrogens with zero attached hydrogens (tertiary/aromatic N) is 1. The molecule has 3 heteroatoms. The first-order valence-electron chi connectivity index (χ1n) is 5.68. The summed E-state index contributed by atoms with van der Waals surface area (Å²) < 4.78 is 5.75. The number of hydrogen-bond donors (Lipinski definition) is 0. The van der Waals surface area contributed by atoms with E-state index in [1.807, 2.05) is 24.3 Å². The van der Waals surface area contributed by atoms with E-state index in [2.05, 4.69) is 23.2 Å². The molecule has 0 amide bonds. The topological polar surface area (TPSA) is 26.0 Å². The smallest absolute Gasteiger partial charge is 0.227 e. The van der Waals surface area contributed by atoms with Gasteiger partial charge in [0.1, 0.15) is 5.58 Å². The number of aromatic nitrogens is 1. The van der Waals surface area contributed by atoms with Crippen molar-refractivity contribution in [3.05, 3.63) is 53.7 Å². The Morgan fingerprint density at radius 2 is 1.72 bits per heavy atom. The summed E-state index contributed by atoms with van der Waals surface area (Å²) in [6.45, 7) is 0. The van der Waals surface area contributed by atoms with Crippen molar-refractivity contribution in [2.75, 3.05) is 0 Å². The average molecular weight is 254 g/mol. The van der Waals surface area contributed by atoms with Gasteiger partial charge in [-0.05, 0) is 29.0 Å². The van der Waals surface area contributed by atoms with Crippen LogP contribution in [0, 0.1) is 0 Å². The Morgan fingerprint density at radius 1 is 0.944 bits per heavy atom. The summed E-state index contributed by atoms with van der Waals surface area (Å²) in [6, 6.07) is 14.3. The van der Waals surface area contributed by atoms with Crippen LogP contribution in [-0.2, 0) is 0 Å². The molecule has 0 fully saturated rings. The van der Waals surface area contributed by atoms with E-state index in [1.165, 1.54) is 5.39 Å². The lowest BCUT2D eigenvalue weighted by Gasteiger charge is -1.96. The largest absolute Gasteiger partial charge is 0.438 e. The van der Waals surface area contributed by atoms with Crippen LogP contribution in [0.1, 0.15) is 0 Å². The second kappa shape index (κ2) is 3.47. The molecule has 0 bridgehead atoms. The number of halogens is 1. The molecule has 0 unspecified atom stereocenters. The fraction of sp³-hybridized carbons (Fsp3) is 0. The van der Waals surface area contributed by atoms with Crippen LogP contribution in [-0.4, -0.2) is 4.98 Å². The van der Waals surface area contributed by atoms with Crippen molar-refractivity contribution in [1.29, 1.82) is 0 Å². The van der Waals surface area contributed by atoms with E-state index in [4.69, 9.17) is 16.0 Å². The molecule has 0 radical (unpaired) electrons.